The predicted molar refractivity (Wildman–Crippen MR) is 146 cm³/mol. The van der Waals surface area contributed by atoms with Crippen LogP contribution in [0, 0.1) is 0 Å². The Kier molecular flexibility index (Phi) is 9.72. The Labute approximate surface area is 224 Å². The van der Waals surface area contributed by atoms with Gasteiger partial charge in [0.1, 0.15) is 24.1 Å². The van der Waals surface area contributed by atoms with E-state index in [1.807, 2.05) is 0 Å². The number of rotatable bonds is 12. The largest absolute Gasteiger partial charge is 0.497 e. The molecule has 10 heteroatoms. The minimum Gasteiger partial charge on any atom is -0.497 e. The first-order chi connectivity index (χ1) is 18.2. The van der Waals surface area contributed by atoms with Gasteiger partial charge in [-0.2, -0.15) is 0 Å². The summed E-state index contributed by atoms with van der Waals surface area (Å²) in [6, 6.07) is 20.6. The summed E-state index contributed by atoms with van der Waals surface area (Å²) < 4.78 is 39.0. The van der Waals surface area contributed by atoms with Crippen molar-refractivity contribution in [3.63, 3.8) is 0 Å². The average Bonchev–Trinajstić information content (AvgIpc) is 2.95. The molecule has 3 aromatic rings. The molecule has 38 heavy (non-hydrogen) atoms. The van der Waals surface area contributed by atoms with E-state index >= 15 is 0 Å². The Morgan fingerprint density at radius 2 is 1.55 bits per heavy atom. The molecule has 2 amide bonds. The molecule has 1 N–H and O–H groups in total. The number of likely N-dealkylation sites (N-methyl/N-ethyl adjacent to an activating group) is 1. The Balaban J connectivity index is 2.02. The van der Waals surface area contributed by atoms with Crippen LogP contribution in [-0.2, 0) is 26.2 Å². The summed E-state index contributed by atoms with van der Waals surface area (Å²) in [7, 11) is -1.10. The number of hydrogen-bond acceptors (Lipinski definition) is 6. The molecule has 0 heterocycles. The van der Waals surface area contributed by atoms with Crippen LogP contribution in [0.1, 0.15) is 19.4 Å². The first kappa shape index (κ1) is 28.5. The fraction of sp³-hybridized carbons (Fsp3) is 0.286. The minimum absolute atomic E-state index is 0.0362. The third-order valence-corrected chi connectivity index (χ3v) is 7.77. The van der Waals surface area contributed by atoms with Crippen molar-refractivity contribution >= 4 is 27.5 Å². The molecule has 0 fully saturated rings. The molecule has 0 spiro atoms. The first-order valence-corrected chi connectivity index (χ1v) is 13.6. The van der Waals surface area contributed by atoms with E-state index in [9.17, 15) is 18.0 Å². The standard InChI is InChI=1S/C28H33N3O6S/c1-5-29-28(33)21(2)30(19-22-14-16-24(36-3)17-15-22)27(32)20-31(23-10-9-11-25(18-23)37-4)38(34,35)26-12-7-6-8-13-26/h6-18,21H,5,19-20H2,1-4H3,(H,29,33). The second kappa shape index (κ2) is 13.0. The molecule has 0 aromatic heterocycles. The maximum Gasteiger partial charge on any atom is 0.264 e. The van der Waals surface area contributed by atoms with Crippen LogP contribution in [0.2, 0.25) is 0 Å². The maximum absolute atomic E-state index is 13.8. The molecule has 0 bridgehead atoms. The van der Waals surface area contributed by atoms with E-state index in [4.69, 9.17) is 9.47 Å². The summed E-state index contributed by atoms with van der Waals surface area (Å²) in [6.45, 7) is 3.38. The quantitative estimate of drug-likeness (QED) is 0.378. The normalized spacial score (nSPS) is 11.8. The zero-order chi connectivity index (χ0) is 27.7. The summed E-state index contributed by atoms with van der Waals surface area (Å²) in [6.07, 6.45) is 0. The van der Waals surface area contributed by atoms with E-state index in [1.54, 1.807) is 87.7 Å². The number of nitrogens with one attached hydrogen (secondary N) is 1. The van der Waals surface area contributed by atoms with E-state index < -0.39 is 28.5 Å². The lowest BCUT2D eigenvalue weighted by Gasteiger charge is -2.32. The monoisotopic (exact) mass is 539 g/mol. The summed E-state index contributed by atoms with van der Waals surface area (Å²) >= 11 is 0. The molecule has 0 radical (unpaired) electrons. The van der Waals surface area contributed by atoms with Crippen molar-refractivity contribution in [3.8, 4) is 11.5 Å². The third kappa shape index (κ3) is 6.83. The van der Waals surface area contributed by atoms with Crippen LogP contribution < -0.4 is 19.1 Å². The number of sulfonamides is 1. The molecular weight excluding hydrogens is 506 g/mol. The summed E-state index contributed by atoms with van der Waals surface area (Å²) in [5, 5.41) is 2.74. The van der Waals surface area contributed by atoms with Crippen molar-refractivity contribution < 1.29 is 27.5 Å². The highest BCUT2D eigenvalue weighted by atomic mass is 32.2. The molecule has 1 unspecified atom stereocenters. The molecule has 0 aliphatic carbocycles. The van der Waals surface area contributed by atoms with Gasteiger partial charge in [0.25, 0.3) is 10.0 Å². The van der Waals surface area contributed by atoms with Crippen LogP contribution in [0.4, 0.5) is 5.69 Å². The Morgan fingerprint density at radius 1 is 0.895 bits per heavy atom. The number of benzene rings is 3. The molecular formula is C28H33N3O6S. The third-order valence-electron chi connectivity index (χ3n) is 5.98. The Hall–Kier alpha value is -4.05. The van der Waals surface area contributed by atoms with Gasteiger partial charge in [-0.3, -0.25) is 13.9 Å². The van der Waals surface area contributed by atoms with Crippen LogP contribution >= 0.6 is 0 Å². The highest BCUT2D eigenvalue weighted by Crippen LogP contribution is 2.27. The van der Waals surface area contributed by atoms with Crippen molar-refractivity contribution in [1.29, 1.82) is 0 Å². The van der Waals surface area contributed by atoms with Crippen molar-refractivity contribution in [3.05, 3.63) is 84.4 Å². The van der Waals surface area contributed by atoms with Gasteiger partial charge in [-0.1, -0.05) is 36.4 Å². The molecule has 202 valence electrons. The van der Waals surface area contributed by atoms with Gasteiger partial charge in [-0.15, -0.1) is 0 Å². The fourth-order valence-corrected chi connectivity index (χ4v) is 5.27. The summed E-state index contributed by atoms with van der Waals surface area (Å²) in [4.78, 5) is 28.0. The molecule has 9 nitrogen and oxygen atoms in total. The van der Waals surface area contributed by atoms with Crippen molar-refractivity contribution in [2.45, 2.75) is 31.3 Å². The number of ether oxygens (including phenoxy) is 2. The zero-order valence-electron chi connectivity index (χ0n) is 22.0. The number of carbonyl (C=O) groups excluding carboxylic acids is 2. The van der Waals surface area contributed by atoms with Gasteiger partial charge in [0.05, 0.1) is 24.8 Å². The highest BCUT2D eigenvalue weighted by Gasteiger charge is 2.32. The lowest BCUT2D eigenvalue weighted by atomic mass is 10.1. The maximum atomic E-state index is 13.8. The number of anilines is 1. The first-order valence-electron chi connectivity index (χ1n) is 12.1. The topological polar surface area (TPSA) is 105 Å². The van der Waals surface area contributed by atoms with E-state index in [1.165, 1.54) is 24.1 Å². The Bertz CT molecular complexity index is 1330. The second-order valence-electron chi connectivity index (χ2n) is 8.47. The predicted octanol–water partition coefficient (Wildman–Crippen LogP) is 3.45. The molecule has 3 aromatic carbocycles. The number of carbonyl (C=O) groups is 2. The van der Waals surface area contributed by atoms with Crippen LogP contribution in [0.25, 0.3) is 0 Å². The second-order valence-corrected chi connectivity index (χ2v) is 10.3. The van der Waals surface area contributed by atoms with Gasteiger partial charge in [-0.05, 0) is 55.8 Å². The lowest BCUT2D eigenvalue weighted by molar-refractivity contribution is -0.139. The van der Waals surface area contributed by atoms with E-state index in [-0.39, 0.29) is 23.0 Å². The molecule has 0 aliphatic heterocycles. The van der Waals surface area contributed by atoms with Gasteiger partial charge >= 0.3 is 0 Å². The van der Waals surface area contributed by atoms with E-state index in [0.29, 0.717) is 18.0 Å². The van der Waals surface area contributed by atoms with Gasteiger partial charge in [0, 0.05) is 19.2 Å². The minimum atomic E-state index is -4.13. The fourth-order valence-electron chi connectivity index (χ4n) is 3.85. The molecule has 1 atom stereocenters. The Morgan fingerprint density at radius 3 is 2.16 bits per heavy atom. The summed E-state index contributed by atoms with van der Waals surface area (Å²) in [5.41, 5.74) is 1.02. The molecule has 0 aliphatic rings. The molecule has 3 rings (SSSR count). The van der Waals surface area contributed by atoms with Crippen LogP contribution in [0.5, 0.6) is 11.5 Å². The van der Waals surface area contributed by atoms with Crippen LogP contribution in [0.3, 0.4) is 0 Å². The van der Waals surface area contributed by atoms with Gasteiger partial charge in [0.15, 0.2) is 0 Å². The smallest absolute Gasteiger partial charge is 0.264 e. The van der Waals surface area contributed by atoms with E-state index in [0.717, 1.165) is 9.87 Å². The number of amides is 2. The summed E-state index contributed by atoms with van der Waals surface area (Å²) in [5.74, 6) is 0.214. The lowest BCUT2D eigenvalue weighted by Crippen LogP contribution is -2.51. The van der Waals surface area contributed by atoms with Crippen molar-refractivity contribution in [2.24, 2.45) is 0 Å². The number of methoxy groups -OCH3 is 2. The van der Waals surface area contributed by atoms with Crippen LogP contribution in [-0.4, -0.2) is 58.5 Å². The van der Waals surface area contributed by atoms with Gasteiger partial charge in [-0.25, -0.2) is 8.42 Å². The van der Waals surface area contributed by atoms with Crippen molar-refractivity contribution in [1.82, 2.24) is 10.2 Å². The highest BCUT2D eigenvalue weighted by molar-refractivity contribution is 7.92. The van der Waals surface area contributed by atoms with Gasteiger partial charge in [0.2, 0.25) is 11.8 Å². The number of hydrogen-bond donors (Lipinski definition) is 1. The zero-order valence-corrected chi connectivity index (χ0v) is 22.8. The average molecular weight is 540 g/mol. The van der Waals surface area contributed by atoms with E-state index in [2.05, 4.69) is 5.32 Å². The van der Waals surface area contributed by atoms with Crippen LogP contribution in [0.15, 0.2) is 83.8 Å². The molecule has 0 saturated carbocycles. The number of nitrogens with zero attached hydrogens (tertiary/aromatic N) is 2. The van der Waals surface area contributed by atoms with Crippen molar-refractivity contribution in [2.75, 3.05) is 31.6 Å². The van der Waals surface area contributed by atoms with Gasteiger partial charge < -0.3 is 19.7 Å². The molecule has 0 saturated heterocycles. The SMILES string of the molecule is CCNC(=O)C(C)N(Cc1ccc(OC)cc1)C(=O)CN(c1cccc(OC)c1)S(=O)(=O)c1ccccc1.